The standard InChI is InChI=1S/C13H22N2O3/c1-2-15-7-4-10(9-15)8-14-11(16)13(12(17)18)5-3-6-13/h10H,2-9H2,1H3,(H,14,16)(H,17,18). The second-order valence-corrected chi connectivity index (χ2v) is 5.50. The zero-order valence-corrected chi connectivity index (χ0v) is 10.9. The second kappa shape index (κ2) is 5.26. The smallest absolute Gasteiger partial charge is 0.319 e. The Bertz CT molecular complexity index is 339. The second-order valence-electron chi connectivity index (χ2n) is 5.50. The monoisotopic (exact) mass is 254 g/mol. The molecule has 2 N–H and O–H groups in total. The van der Waals surface area contributed by atoms with Crippen LogP contribution >= 0.6 is 0 Å². The first-order chi connectivity index (χ1) is 8.58. The first-order valence-corrected chi connectivity index (χ1v) is 6.82. The van der Waals surface area contributed by atoms with Crippen molar-refractivity contribution in [3.63, 3.8) is 0 Å². The van der Waals surface area contributed by atoms with Crippen LogP contribution in [0.15, 0.2) is 0 Å². The number of hydrogen-bond acceptors (Lipinski definition) is 3. The van der Waals surface area contributed by atoms with Gasteiger partial charge >= 0.3 is 5.97 Å². The Morgan fingerprint density at radius 1 is 1.44 bits per heavy atom. The number of nitrogens with one attached hydrogen (secondary N) is 1. The van der Waals surface area contributed by atoms with Gasteiger partial charge in [-0.1, -0.05) is 13.3 Å². The Hall–Kier alpha value is -1.10. The van der Waals surface area contributed by atoms with Gasteiger partial charge in [-0.15, -0.1) is 0 Å². The fraction of sp³-hybridized carbons (Fsp3) is 0.846. The number of likely N-dealkylation sites (tertiary alicyclic amines) is 1. The Balaban J connectivity index is 1.80. The zero-order chi connectivity index (χ0) is 13.2. The van der Waals surface area contributed by atoms with E-state index in [2.05, 4.69) is 17.1 Å². The van der Waals surface area contributed by atoms with E-state index in [1.807, 2.05) is 0 Å². The average molecular weight is 254 g/mol. The summed E-state index contributed by atoms with van der Waals surface area (Å²) in [5.41, 5.74) is -1.12. The lowest BCUT2D eigenvalue weighted by atomic mass is 9.68. The van der Waals surface area contributed by atoms with E-state index in [0.29, 0.717) is 25.3 Å². The molecule has 1 aliphatic heterocycles. The molecule has 1 aliphatic carbocycles. The average Bonchev–Trinajstić information content (AvgIpc) is 2.72. The Morgan fingerprint density at radius 3 is 2.61 bits per heavy atom. The van der Waals surface area contributed by atoms with Gasteiger partial charge in [-0.2, -0.15) is 0 Å². The van der Waals surface area contributed by atoms with Crippen molar-refractivity contribution in [1.29, 1.82) is 0 Å². The van der Waals surface area contributed by atoms with Crippen molar-refractivity contribution in [3.05, 3.63) is 0 Å². The van der Waals surface area contributed by atoms with Crippen LogP contribution < -0.4 is 5.32 Å². The molecule has 0 aromatic rings. The van der Waals surface area contributed by atoms with Crippen molar-refractivity contribution < 1.29 is 14.7 Å². The van der Waals surface area contributed by atoms with Crippen LogP contribution in [0, 0.1) is 11.3 Å². The van der Waals surface area contributed by atoms with Gasteiger partial charge in [0, 0.05) is 13.1 Å². The lowest BCUT2D eigenvalue weighted by molar-refractivity contribution is -0.162. The van der Waals surface area contributed by atoms with E-state index in [1.54, 1.807) is 0 Å². The molecule has 1 unspecified atom stereocenters. The van der Waals surface area contributed by atoms with E-state index in [0.717, 1.165) is 32.5 Å². The molecular formula is C13H22N2O3. The van der Waals surface area contributed by atoms with Crippen molar-refractivity contribution >= 4 is 11.9 Å². The molecule has 0 radical (unpaired) electrons. The molecule has 0 aromatic carbocycles. The molecule has 2 fully saturated rings. The third-order valence-corrected chi connectivity index (χ3v) is 4.42. The summed E-state index contributed by atoms with van der Waals surface area (Å²) >= 11 is 0. The van der Waals surface area contributed by atoms with Gasteiger partial charge in [0.05, 0.1) is 0 Å². The van der Waals surface area contributed by atoms with Gasteiger partial charge in [0.2, 0.25) is 5.91 Å². The molecule has 0 aromatic heterocycles. The van der Waals surface area contributed by atoms with Crippen LogP contribution in [-0.4, -0.2) is 48.1 Å². The van der Waals surface area contributed by atoms with E-state index in [9.17, 15) is 9.59 Å². The number of carboxylic acid groups (broad SMARTS) is 1. The molecule has 1 saturated heterocycles. The third kappa shape index (κ3) is 2.36. The summed E-state index contributed by atoms with van der Waals surface area (Å²) in [6, 6.07) is 0. The first kappa shape index (κ1) is 13.3. The summed E-state index contributed by atoms with van der Waals surface area (Å²) in [4.78, 5) is 25.5. The van der Waals surface area contributed by atoms with Crippen molar-refractivity contribution in [1.82, 2.24) is 10.2 Å². The van der Waals surface area contributed by atoms with E-state index in [4.69, 9.17) is 5.11 Å². The maximum absolute atomic E-state index is 12.0. The third-order valence-electron chi connectivity index (χ3n) is 4.42. The van der Waals surface area contributed by atoms with Gasteiger partial charge in [-0.05, 0) is 38.3 Å². The molecule has 0 spiro atoms. The number of carboxylic acids is 1. The van der Waals surface area contributed by atoms with Crippen LogP contribution in [-0.2, 0) is 9.59 Å². The molecule has 102 valence electrons. The predicted molar refractivity (Wildman–Crippen MR) is 67.2 cm³/mol. The number of hydrogen-bond donors (Lipinski definition) is 2. The SMILES string of the molecule is CCN1CCC(CNC(=O)C2(C(=O)O)CCC2)C1. The summed E-state index contributed by atoms with van der Waals surface area (Å²) in [6.07, 6.45) is 2.90. The summed E-state index contributed by atoms with van der Waals surface area (Å²) in [6.45, 7) is 5.89. The lowest BCUT2D eigenvalue weighted by Gasteiger charge is -2.36. The minimum Gasteiger partial charge on any atom is -0.480 e. The van der Waals surface area contributed by atoms with Gasteiger partial charge < -0.3 is 15.3 Å². The van der Waals surface area contributed by atoms with E-state index < -0.39 is 11.4 Å². The fourth-order valence-electron chi connectivity index (χ4n) is 2.84. The van der Waals surface area contributed by atoms with Crippen LogP contribution in [0.1, 0.15) is 32.6 Å². The van der Waals surface area contributed by atoms with Crippen molar-refractivity contribution in [2.24, 2.45) is 11.3 Å². The maximum atomic E-state index is 12.0. The Morgan fingerprint density at radius 2 is 2.17 bits per heavy atom. The molecule has 5 heteroatoms. The molecule has 0 bridgehead atoms. The number of nitrogens with zero attached hydrogens (tertiary/aromatic N) is 1. The van der Waals surface area contributed by atoms with Gasteiger partial charge in [-0.25, -0.2) is 0 Å². The molecule has 1 saturated carbocycles. The zero-order valence-electron chi connectivity index (χ0n) is 10.9. The van der Waals surface area contributed by atoms with E-state index >= 15 is 0 Å². The Kier molecular flexibility index (Phi) is 3.90. The quantitative estimate of drug-likeness (QED) is 0.709. The molecule has 5 nitrogen and oxygen atoms in total. The largest absolute Gasteiger partial charge is 0.480 e. The number of rotatable bonds is 5. The van der Waals surface area contributed by atoms with Gasteiger partial charge in [0.25, 0.3) is 0 Å². The molecule has 2 rings (SSSR count). The molecule has 2 aliphatic rings. The normalized spacial score (nSPS) is 26.6. The Labute approximate surface area is 108 Å². The highest BCUT2D eigenvalue weighted by atomic mass is 16.4. The van der Waals surface area contributed by atoms with Gasteiger partial charge in [-0.3, -0.25) is 9.59 Å². The minimum absolute atomic E-state index is 0.281. The van der Waals surface area contributed by atoms with E-state index in [1.165, 1.54) is 0 Å². The summed E-state index contributed by atoms with van der Waals surface area (Å²) in [5.74, 6) is -0.774. The van der Waals surface area contributed by atoms with Crippen LogP contribution in [0.4, 0.5) is 0 Å². The predicted octanol–water partition coefficient (Wildman–Crippen LogP) is 0.699. The molecule has 1 atom stereocenters. The van der Waals surface area contributed by atoms with Crippen LogP contribution in [0.25, 0.3) is 0 Å². The summed E-state index contributed by atoms with van der Waals surface area (Å²) in [5, 5.41) is 12.0. The van der Waals surface area contributed by atoms with Gasteiger partial charge in [0.1, 0.15) is 5.41 Å². The van der Waals surface area contributed by atoms with Gasteiger partial charge in [0.15, 0.2) is 0 Å². The van der Waals surface area contributed by atoms with Crippen molar-refractivity contribution in [2.75, 3.05) is 26.2 Å². The molecular weight excluding hydrogens is 232 g/mol. The highest BCUT2D eigenvalue weighted by Gasteiger charge is 2.51. The van der Waals surface area contributed by atoms with Crippen LogP contribution in [0.2, 0.25) is 0 Å². The molecule has 1 amide bonds. The maximum Gasteiger partial charge on any atom is 0.319 e. The highest BCUT2D eigenvalue weighted by Crippen LogP contribution is 2.41. The number of aliphatic carboxylic acids is 1. The fourth-order valence-corrected chi connectivity index (χ4v) is 2.84. The molecule has 1 heterocycles. The minimum atomic E-state index is -1.12. The summed E-state index contributed by atoms with van der Waals surface area (Å²) < 4.78 is 0. The lowest BCUT2D eigenvalue weighted by Crippen LogP contribution is -2.51. The van der Waals surface area contributed by atoms with Crippen LogP contribution in [0.3, 0.4) is 0 Å². The molecule has 18 heavy (non-hydrogen) atoms. The van der Waals surface area contributed by atoms with Crippen molar-refractivity contribution in [3.8, 4) is 0 Å². The number of carbonyl (C=O) groups is 2. The first-order valence-electron chi connectivity index (χ1n) is 6.82. The topological polar surface area (TPSA) is 69.6 Å². The van der Waals surface area contributed by atoms with Crippen LogP contribution in [0.5, 0.6) is 0 Å². The van der Waals surface area contributed by atoms with E-state index in [-0.39, 0.29) is 5.91 Å². The highest BCUT2D eigenvalue weighted by molar-refractivity contribution is 6.02. The summed E-state index contributed by atoms with van der Waals surface area (Å²) in [7, 11) is 0. The number of amides is 1. The number of carbonyl (C=O) groups excluding carboxylic acids is 1. The van der Waals surface area contributed by atoms with Crippen molar-refractivity contribution in [2.45, 2.75) is 32.6 Å².